The lowest BCUT2D eigenvalue weighted by molar-refractivity contribution is -0.161. The molecule has 23 heavy (non-hydrogen) atoms. The van der Waals surface area contributed by atoms with Crippen molar-refractivity contribution >= 4 is 11.9 Å². The van der Waals surface area contributed by atoms with Crippen molar-refractivity contribution in [1.29, 1.82) is 0 Å². The van der Waals surface area contributed by atoms with Crippen LogP contribution in [0, 0.1) is 5.92 Å². The molecule has 6 nitrogen and oxygen atoms in total. The third kappa shape index (κ3) is 1.91. The first-order chi connectivity index (χ1) is 11.0. The van der Waals surface area contributed by atoms with Crippen molar-refractivity contribution < 1.29 is 24.5 Å². The van der Waals surface area contributed by atoms with E-state index in [9.17, 15) is 19.8 Å². The molecule has 0 unspecified atom stereocenters. The lowest BCUT2D eigenvalue weighted by Crippen LogP contribution is -2.61. The lowest BCUT2D eigenvalue weighted by atomic mass is 9.82. The summed E-state index contributed by atoms with van der Waals surface area (Å²) in [4.78, 5) is 25.2. The summed E-state index contributed by atoms with van der Waals surface area (Å²) in [7, 11) is 0. The fraction of sp³-hybridized carbons (Fsp3) is 0.412. The van der Waals surface area contributed by atoms with E-state index in [1.54, 1.807) is 6.92 Å². The smallest absolute Gasteiger partial charge is 0.352 e. The monoisotopic (exact) mass is 315 g/mol. The Hall–Kier alpha value is -2.34. The number of para-hydroxylation sites is 1. The Kier molecular flexibility index (Phi) is 2.99. The quantitative estimate of drug-likeness (QED) is 0.811. The number of aliphatic hydroxyl groups is 1. The van der Waals surface area contributed by atoms with Crippen LogP contribution in [0.5, 0.6) is 5.75 Å². The number of carbonyl (C=O) groups is 2. The van der Waals surface area contributed by atoms with Gasteiger partial charge in [-0.05, 0) is 25.0 Å². The molecular weight excluding hydrogens is 298 g/mol. The lowest BCUT2D eigenvalue weighted by Gasteiger charge is -2.44. The zero-order valence-corrected chi connectivity index (χ0v) is 12.6. The van der Waals surface area contributed by atoms with Crippen LogP contribution in [-0.4, -0.2) is 45.2 Å². The molecule has 1 fully saturated rings. The van der Waals surface area contributed by atoms with Crippen LogP contribution in [0.15, 0.2) is 35.5 Å². The van der Waals surface area contributed by atoms with Gasteiger partial charge in [-0.2, -0.15) is 0 Å². The highest BCUT2D eigenvalue weighted by atomic mass is 16.5. The molecule has 1 amide bonds. The summed E-state index contributed by atoms with van der Waals surface area (Å²) in [6.45, 7) is 1.57. The molecule has 0 aromatic heterocycles. The number of hydrogen-bond acceptors (Lipinski definition) is 4. The Morgan fingerprint density at radius 3 is 2.74 bits per heavy atom. The topological polar surface area (TPSA) is 87.1 Å². The predicted molar refractivity (Wildman–Crippen MR) is 79.6 cm³/mol. The average Bonchev–Trinajstić information content (AvgIpc) is 3.05. The summed E-state index contributed by atoms with van der Waals surface area (Å²) in [5.41, 5.74) is 1.73. The second-order valence-electron chi connectivity index (χ2n) is 6.34. The van der Waals surface area contributed by atoms with Crippen molar-refractivity contribution in [2.45, 2.75) is 38.0 Å². The van der Waals surface area contributed by atoms with Crippen LogP contribution in [0.3, 0.4) is 0 Å². The van der Waals surface area contributed by atoms with E-state index in [4.69, 9.17) is 4.74 Å². The molecule has 1 aromatic rings. The van der Waals surface area contributed by atoms with Gasteiger partial charge in [-0.3, -0.25) is 4.79 Å². The molecule has 0 saturated carbocycles. The second-order valence-corrected chi connectivity index (χ2v) is 6.34. The van der Waals surface area contributed by atoms with Gasteiger partial charge < -0.3 is 19.8 Å². The van der Waals surface area contributed by atoms with E-state index in [1.165, 1.54) is 4.90 Å². The highest BCUT2D eigenvalue weighted by Gasteiger charge is 2.57. The summed E-state index contributed by atoms with van der Waals surface area (Å²) in [6.07, 6.45) is -0.0794. The number of amides is 1. The summed E-state index contributed by atoms with van der Waals surface area (Å²) >= 11 is 0. The Bertz CT molecular complexity index is 713. The minimum absolute atomic E-state index is 0.0368. The summed E-state index contributed by atoms with van der Waals surface area (Å²) < 4.78 is 5.90. The standard InChI is InChI=1S/C17H17NO5/c1-8(19)14-11-7-10(15(17(21)22)18(11)16(14)20)13-6-9-4-2-3-5-12(9)23-13/h2-5,8,11,13-14,19H,6-7H2,1H3,(H,21,22)/t8-,11-,13-,14-/m1/s1. The van der Waals surface area contributed by atoms with Crippen molar-refractivity contribution in [3.63, 3.8) is 0 Å². The number of hydrogen-bond donors (Lipinski definition) is 2. The number of benzene rings is 1. The number of β-lactam (4-membered cyclic amide) rings is 1. The van der Waals surface area contributed by atoms with Crippen LogP contribution in [0.25, 0.3) is 0 Å². The third-order valence-corrected chi connectivity index (χ3v) is 5.00. The van der Waals surface area contributed by atoms with Crippen LogP contribution in [0.2, 0.25) is 0 Å². The zero-order valence-electron chi connectivity index (χ0n) is 12.6. The van der Waals surface area contributed by atoms with Crippen molar-refractivity contribution in [1.82, 2.24) is 4.90 Å². The average molecular weight is 315 g/mol. The van der Waals surface area contributed by atoms with Crippen LogP contribution >= 0.6 is 0 Å². The molecule has 3 aliphatic rings. The number of ether oxygens (including phenoxy) is 1. The van der Waals surface area contributed by atoms with Crippen molar-refractivity contribution in [2.75, 3.05) is 0 Å². The highest BCUT2D eigenvalue weighted by Crippen LogP contribution is 2.46. The molecule has 120 valence electrons. The maximum Gasteiger partial charge on any atom is 0.352 e. The number of aliphatic hydroxyl groups excluding tert-OH is 1. The number of fused-ring (bicyclic) bond motifs is 2. The van der Waals surface area contributed by atoms with Crippen molar-refractivity contribution in [2.24, 2.45) is 5.92 Å². The molecule has 0 spiro atoms. The van der Waals surface area contributed by atoms with Gasteiger partial charge in [0.05, 0.1) is 18.1 Å². The first-order valence-electron chi connectivity index (χ1n) is 7.71. The van der Waals surface area contributed by atoms with Crippen LogP contribution in [-0.2, 0) is 16.0 Å². The summed E-state index contributed by atoms with van der Waals surface area (Å²) in [5, 5.41) is 19.3. The molecule has 4 atom stereocenters. The van der Waals surface area contributed by atoms with E-state index in [0.717, 1.165) is 11.3 Å². The maximum absolute atomic E-state index is 12.2. The van der Waals surface area contributed by atoms with E-state index in [0.29, 0.717) is 18.4 Å². The van der Waals surface area contributed by atoms with Crippen molar-refractivity contribution in [3.05, 3.63) is 41.1 Å². The SMILES string of the molecule is C[C@@H](O)[C@H]1C(=O)N2C(C(=O)O)=C([C@H]3Cc4ccccc4O3)C[C@H]12. The fourth-order valence-electron chi connectivity index (χ4n) is 3.97. The number of rotatable bonds is 3. The number of nitrogens with zero attached hydrogens (tertiary/aromatic N) is 1. The molecule has 0 radical (unpaired) electrons. The maximum atomic E-state index is 12.2. The van der Waals surface area contributed by atoms with Gasteiger partial charge in [0.1, 0.15) is 17.6 Å². The highest BCUT2D eigenvalue weighted by molar-refractivity contribution is 5.99. The van der Waals surface area contributed by atoms with Gasteiger partial charge >= 0.3 is 5.97 Å². The molecule has 6 heteroatoms. The largest absolute Gasteiger partial charge is 0.485 e. The molecule has 2 N–H and O–H groups in total. The molecule has 3 aliphatic heterocycles. The van der Waals surface area contributed by atoms with Gasteiger partial charge in [-0.1, -0.05) is 18.2 Å². The van der Waals surface area contributed by atoms with Crippen LogP contribution in [0.4, 0.5) is 0 Å². The first kappa shape index (κ1) is 14.3. The number of carbonyl (C=O) groups excluding carboxylic acids is 1. The normalized spacial score (nSPS) is 29.7. The van der Waals surface area contributed by atoms with E-state index >= 15 is 0 Å². The Morgan fingerprint density at radius 1 is 1.35 bits per heavy atom. The predicted octanol–water partition coefficient (Wildman–Crippen LogP) is 0.940. The molecular formula is C17H17NO5. The summed E-state index contributed by atoms with van der Waals surface area (Å²) in [5.74, 6) is -1.18. The van der Waals surface area contributed by atoms with E-state index in [-0.39, 0.29) is 23.8 Å². The Balaban J connectivity index is 1.67. The van der Waals surface area contributed by atoms with Gasteiger partial charge in [0.25, 0.3) is 0 Å². The second kappa shape index (κ2) is 4.83. The van der Waals surface area contributed by atoms with Crippen LogP contribution in [0.1, 0.15) is 18.9 Å². The molecule has 1 saturated heterocycles. The molecule has 0 aliphatic carbocycles. The van der Waals surface area contributed by atoms with Gasteiger partial charge in [0, 0.05) is 12.0 Å². The van der Waals surface area contributed by atoms with Gasteiger partial charge in [0.2, 0.25) is 5.91 Å². The van der Waals surface area contributed by atoms with E-state index in [2.05, 4.69) is 0 Å². The molecule has 3 heterocycles. The Morgan fingerprint density at radius 2 is 2.09 bits per heavy atom. The number of carboxylic acid groups (broad SMARTS) is 1. The van der Waals surface area contributed by atoms with Crippen LogP contribution < -0.4 is 4.74 Å². The molecule has 4 rings (SSSR count). The van der Waals surface area contributed by atoms with E-state index < -0.39 is 18.0 Å². The number of carboxylic acids is 1. The molecule has 1 aromatic carbocycles. The minimum atomic E-state index is -1.11. The van der Waals surface area contributed by atoms with Gasteiger partial charge in [-0.15, -0.1) is 0 Å². The number of aliphatic carboxylic acids is 1. The fourth-order valence-corrected chi connectivity index (χ4v) is 3.97. The molecule has 0 bridgehead atoms. The van der Waals surface area contributed by atoms with Gasteiger partial charge in [-0.25, -0.2) is 4.79 Å². The Labute approximate surface area is 133 Å². The first-order valence-corrected chi connectivity index (χ1v) is 7.71. The minimum Gasteiger partial charge on any atom is -0.485 e. The van der Waals surface area contributed by atoms with Crippen molar-refractivity contribution in [3.8, 4) is 5.75 Å². The van der Waals surface area contributed by atoms with Gasteiger partial charge in [0.15, 0.2) is 0 Å². The summed E-state index contributed by atoms with van der Waals surface area (Å²) in [6, 6.07) is 7.36. The third-order valence-electron chi connectivity index (χ3n) is 5.00. The van der Waals surface area contributed by atoms with E-state index in [1.807, 2.05) is 24.3 Å². The zero-order chi connectivity index (χ0) is 16.3.